The van der Waals surface area contributed by atoms with Gasteiger partial charge in [-0.05, 0) is 47.8 Å². The summed E-state index contributed by atoms with van der Waals surface area (Å²) in [5, 5.41) is 6.71. The summed E-state index contributed by atoms with van der Waals surface area (Å²) in [4.78, 5) is 12.6. The van der Waals surface area contributed by atoms with Crippen LogP contribution in [0, 0.1) is 28.5 Å². The molecule has 2 aromatic rings. The molecule has 0 aliphatic carbocycles. The van der Waals surface area contributed by atoms with Crippen LogP contribution in [0.15, 0.2) is 34.8 Å². The number of hydrogen-bond acceptors (Lipinski definition) is 3. The standard InChI is InChI=1S/C28H36ClFN2O2/c1-16-11-12-31-26(33)28(5,6)19(16)9-8-18-14-24-25(34-18)20(27(2,3)4)15-23(32-24)17-7-10-21(29)22(30)13-17/h7,10,13-16,19,23,32H,8-9,11-12H2,1-6H3,(H,31,33). The molecule has 4 rings (SSSR count). The Hall–Kier alpha value is -2.27. The smallest absolute Gasteiger partial charge is 0.225 e. The van der Waals surface area contributed by atoms with E-state index in [0.29, 0.717) is 5.92 Å². The number of rotatable bonds is 4. The Morgan fingerprint density at radius 2 is 1.97 bits per heavy atom. The summed E-state index contributed by atoms with van der Waals surface area (Å²) >= 11 is 5.90. The maximum atomic E-state index is 14.2. The van der Waals surface area contributed by atoms with Gasteiger partial charge in [0, 0.05) is 30.0 Å². The van der Waals surface area contributed by atoms with Crippen molar-refractivity contribution < 1.29 is 13.6 Å². The van der Waals surface area contributed by atoms with E-state index in [1.807, 2.05) is 6.07 Å². The second-order valence-electron chi connectivity index (χ2n) is 11.5. The molecule has 6 heteroatoms. The predicted octanol–water partition coefficient (Wildman–Crippen LogP) is 7.40. The first kappa shape index (κ1) is 24.8. The second-order valence-corrected chi connectivity index (χ2v) is 11.9. The predicted molar refractivity (Wildman–Crippen MR) is 136 cm³/mol. The lowest BCUT2D eigenvalue weighted by atomic mass is 9.69. The number of allylic oxidation sites excluding steroid dienone is 1. The Kier molecular flexibility index (Phi) is 6.63. The SMILES string of the molecule is CC1CCNC(=O)C(C)(C)C1CCc1cc2c(o1)C(C(C)(C)C)=CC(c1ccc(Cl)c(F)c1)N2. The van der Waals surface area contributed by atoms with Gasteiger partial charge in [0.1, 0.15) is 11.6 Å². The van der Waals surface area contributed by atoms with Crippen molar-refractivity contribution in [3.05, 3.63) is 58.3 Å². The molecular weight excluding hydrogens is 451 g/mol. The van der Waals surface area contributed by atoms with E-state index < -0.39 is 11.2 Å². The van der Waals surface area contributed by atoms with E-state index in [0.717, 1.165) is 54.2 Å². The van der Waals surface area contributed by atoms with E-state index in [1.54, 1.807) is 6.07 Å². The summed E-state index contributed by atoms with van der Waals surface area (Å²) in [5.74, 6) is 2.19. The van der Waals surface area contributed by atoms with Gasteiger partial charge in [0.15, 0.2) is 5.76 Å². The van der Waals surface area contributed by atoms with Crippen molar-refractivity contribution in [1.82, 2.24) is 5.32 Å². The molecule has 0 saturated carbocycles. The van der Waals surface area contributed by atoms with Crippen LogP contribution in [-0.4, -0.2) is 12.5 Å². The quantitative estimate of drug-likeness (QED) is 0.473. The molecule has 34 heavy (non-hydrogen) atoms. The normalized spacial score (nSPS) is 24.5. The molecule has 184 valence electrons. The number of furan rings is 1. The number of aryl methyl sites for hydroxylation is 1. The highest BCUT2D eigenvalue weighted by Crippen LogP contribution is 2.46. The maximum absolute atomic E-state index is 14.2. The number of nitrogens with one attached hydrogen (secondary N) is 2. The van der Waals surface area contributed by atoms with Crippen molar-refractivity contribution in [2.24, 2.45) is 22.7 Å². The van der Waals surface area contributed by atoms with Crippen molar-refractivity contribution in [3.63, 3.8) is 0 Å². The van der Waals surface area contributed by atoms with Gasteiger partial charge in [0.2, 0.25) is 5.91 Å². The van der Waals surface area contributed by atoms with Crippen LogP contribution < -0.4 is 10.6 Å². The van der Waals surface area contributed by atoms with E-state index in [4.69, 9.17) is 16.0 Å². The number of halogens is 2. The summed E-state index contributed by atoms with van der Waals surface area (Å²) < 4.78 is 20.6. The van der Waals surface area contributed by atoms with E-state index in [2.05, 4.69) is 64.3 Å². The molecular formula is C28H36ClFN2O2. The summed E-state index contributed by atoms with van der Waals surface area (Å²) in [5.41, 5.74) is 2.27. The highest BCUT2D eigenvalue weighted by molar-refractivity contribution is 6.30. The van der Waals surface area contributed by atoms with Crippen LogP contribution in [0.1, 0.15) is 77.5 Å². The van der Waals surface area contributed by atoms with Gasteiger partial charge >= 0.3 is 0 Å². The molecule has 0 radical (unpaired) electrons. The Bertz CT molecular complexity index is 1110. The molecule has 1 saturated heterocycles. The summed E-state index contributed by atoms with van der Waals surface area (Å²) in [7, 11) is 0. The summed E-state index contributed by atoms with van der Waals surface area (Å²) in [6.07, 6.45) is 4.76. The third-order valence-electron chi connectivity index (χ3n) is 7.57. The fourth-order valence-corrected chi connectivity index (χ4v) is 5.58. The maximum Gasteiger partial charge on any atom is 0.225 e. The number of carbonyl (C=O) groups excluding carboxylic acids is 1. The van der Waals surface area contributed by atoms with Crippen molar-refractivity contribution in [3.8, 4) is 0 Å². The molecule has 1 amide bonds. The van der Waals surface area contributed by atoms with E-state index >= 15 is 0 Å². The van der Waals surface area contributed by atoms with Crippen LogP contribution in [0.3, 0.4) is 0 Å². The minimum Gasteiger partial charge on any atom is -0.459 e. The van der Waals surface area contributed by atoms with E-state index in [1.165, 1.54) is 6.07 Å². The Morgan fingerprint density at radius 3 is 2.65 bits per heavy atom. The van der Waals surface area contributed by atoms with Crippen molar-refractivity contribution in [1.29, 1.82) is 0 Å². The Balaban J connectivity index is 1.60. The molecule has 4 nitrogen and oxygen atoms in total. The van der Waals surface area contributed by atoms with E-state index in [-0.39, 0.29) is 28.3 Å². The molecule has 3 unspecified atom stereocenters. The molecule has 1 fully saturated rings. The fraction of sp³-hybridized carbons (Fsp3) is 0.536. The topological polar surface area (TPSA) is 54.3 Å². The summed E-state index contributed by atoms with van der Waals surface area (Å²) in [6, 6.07) is 6.83. The number of hydrogen-bond donors (Lipinski definition) is 2. The zero-order valence-electron chi connectivity index (χ0n) is 21.0. The largest absolute Gasteiger partial charge is 0.459 e. The van der Waals surface area contributed by atoms with Crippen LogP contribution in [0.5, 0.6) is 0 Å². The average molecular weight is 487 g/mol. The first-order valence-corrected chi connectivity index (χ1v) is 12.6. The van der Waals surface area contributed by atoms with Gasteiger partial charge in [0.05, 0.1) is 16.8 Å². The number of fused-ring (bicyclic) bond motifs is 1. The number of carbonyl (C=O) groups is 1. The van der Waals surface area contributed by atoms with Gasteiger partial charge in [-0.3, -0.25) is 4.79 Å². The molecule has 0 bridgehead atoms. The van der Waals surface area contributed by atoms with Gasteiger partial charge in [-0.2, -0.15) is 0 Å². The van der Waals surface area contributed by atoms with Gasteiger partial charge in [-0.1, -0.05) is 65.3 Å². The lowest BCUT2D eigenvalue weighted by molar-refractivity contribution is -0.132. The first-order chi connectivity index (χ1) is 15.9. The Morgan fingerprint density at radius 1 is 1.24 bits per heavy atom. The number of benzene rings is 1. The molecule has 0 spiro atoms. The van der Waals surface area contributed by atoms with E-state index in [9.17, 15) is 9.18 Å². The lowest BCUT2D eigenvalue weighted by Gasteiger charge is -2.34. The molecule has 2 aliphatic rings. The van der Waals surface area contributed by atoms with Crippen LogP contribution in [-0.2, 0) is 11.2 Å². The monoisotopic (exact) mass is 486 g/mol. The van der Waals surface area contributed by atoms with Gasteiger partial charge < -0.3 is 15.1 Å². The van der Waals surface area contributed by atoms with Crippen molar-refractivity contribution in [2.75, 3.05) is 11.9 Å². The minimum atomic E-state index is -0.422. The highest BCUT2D eigenvalue weighted by Gasteiger charge is 2.41. The summed E-state index contributed by atoms with van der Waals surface area (Å²) in [6.45, 7) is 13.6. The highest BCUT2D eigenvalue weighted by atomic mass is 35.5. The third-order valence-corrected chi connectivity index (χ3v) is 7.88. The molecule has 3 atom stereocenters. The zero-order valence-corrected chi connectivity index (χ0v) is 21.8. The average Bonchev–Trinajstić information content (AvgIpc) is 3.12. The molecule has 3 heterocycles. The van der Waals surface area contributed by atoms with Gasteiger partial charge in [-0.15, -0.1) is 0 Å². The van der Waals surface area contributed by atoms with Gasteiger partial charge in [0.25, 0.3) is 0 Å². The third kappa shape index (κ3) is 4.77. The molecule has 2 N–H and O–H groups in total. The van der Waals surface area contributed by atoms with Crippen LogP contribution in [0.25, 0.3) is 5.57 Å². The van der Waals surface area contributed by atoms with Crippen LogP contribution in [0.4, 0.5) is 10.1 Å². The minimum absolute atomic E-state index is 0.121. The molecule has 1 aromatic heterocycles. The second kappa shape index (κ2) is 9.07. The van der Waals surface area contributed by atoms with Crippen LogP contribution >= 0.6 is 11.6 Å². The van der Waals surface area contributed by atoms with Crippen molar-refractivity contribution in [2.45, 2.75) is 66.8 Å². The molecule has 2 aliphatic heterocycles. The van der Waals surface area contributed by atoms with Crippen molar-refractivity contribution >= 4 is 28.8 Å². The molecule has 1 aromatic carbocycles. The van der Waals surface area contributed by atoms with Crippen LogP contribution in [0.2, 0.25) is 5.02 Å². The number of anilines is 1. The fourth-order valence-electron chi connectivity index (χ4n) is 5.47. The number of amides is 1. The Labute approximate surface area is 207 Å². The lowest BCUT2D eigenvalue weighted by Crippen LogP contribution is -2.40. The first-order valence-electron chi connectivity index (χ1n) is 12.2. The van der Waals surface area contributed by atoms with Gasteiger partial charge in [-0.25, -0.2) is 4.39 Å². The zero-order chi connectivity index (χ0) is 24.8.